The number of hydrogen-bond acceptors (Lipinski definition) is 2. The van der Waals surface area contributed by atoms with E-state index in [2.05, 4.69) is 27.5 Å². The summed E-state index contributed by atoms with van der Waals surface area (Å²) in [4.78, 5) is 9.04. The van der Waals surface area contributed by atoms with Crippen LogP contribution >= 0.6 is 11.6 Å². The molecule has 1 saturated carbocycles. The van der Waals surface area contributed by atoms with Crippen molar-refractivity contribution in [3.05, 3.63) is 23.7 Å². The van der Waals surface area contributed by atoms with Crippen molar-refractivity contribution in [1.29, 1.82) is 0 Å². The van der Waals surface area contributed by atoms with Gasteiger partial charge in [-0.15, -0.1) is 11.6 Å². The number of aromatic nitrogens is 3. The Labute approximate surface area is 99.5 Å². The summed E-state index contributed by atoms with van der Waals surface area (Å²) in [5, 5.41) is 0. The van der Waals surface area contributed by atoms with Gasteiger partial charge in [0.25, 0.3) is 0 Å². The molecular formula is C12H14ClN3. The summed E-state index contributed by atoms with van der Waals surface area (Å²) in [5.74, 6) is 2.13. The molecule has 0 aromatic carbocycles. The number of halogens is 1. The highest BCUT2D eigenvalue weighted by Crippen LogP contribution is 2.44. The van der Waals surface area contributed by atoms with Crippen LogP contribution in [-0.2, 0) is 5.88 Å². The topological polar surface area (TPSA) is 30.7 Å². The van der Waals surface area contributed by atoms with Crippen LogP contribution in [0.5, 0.6) is 0 Å². The lowest BCUT2D eigenvalue weighted by Gasteiger charge is -2.04. The number of fused-ring (bicyclic) bond motifs is 1. The maximum Gasteiger partial charge on any atom is 0.160 e. The highest BCUT2D eigenvalue weighted by molar-refractivity contribution is 6.16. The predicted octanol–water partition coefficient (Wildman–Crippen LogP) is 3.06. The van der Waals surface area contributed by atoms with E-state index in [9.17, 15) is 0 Å². The monoisotopic (exact) mass is 235 g/mol. The molecule has 0 radical (unpaired) electrons. The Morgan fingerprint density at radius 1 is 1.56 bits per heavy atom. The summed E-state index contributed by atoms with van der Waals surface area (Å²) < 4.78 is 2.21. The summed E-state index contributed by atoms with van der Waals surface area (Å²) in [6, 6.07) is 2.62. The van der Waals surface area contributed by atoms with E-state index >= 15 is 0 Å². The first-order chi connectivity index (χ1) is 7.70. The average Bonchev–Trinajstić information content (AvgIpc) is 2.86. The summed E-state index contributed by atoms with van der Waals surface area (Å²) in [6.45, 7) is 4.29. The van der Waals surface area contributed by atoms with Gasteiger partial charge in [0, 0.05) is 12.2 Å². The highest BCUT2D eigenvalue weighted by Gasteiger charge is 2.37. The van der Waals surface area contributed by atoms with Gasteiger partial charge in [0.05, 0.1) is 5.88 Å². The molecule has 1 aliphatic rings. The third-order valence-electron chi connectivity index (χ3n) is 3.26. The summed E-state index contributed by atoms with van der Waals surface area (Å²) in [5.41, 5.74) is 3.09. The van der Waals surface area contributed by atoms with E-state index < -0.39 is 0 Å². The zero-order valence-corrected chi connectivity index (χ0v) is 10.2. The fraction of sp³-hybridized carbons (Fsp3) is 0.500. The molecule has 2 aromatic heterocycles. The Morgan fingerprint density at radius 3 is 2.94 bits per heavy atom. The number of imidazole rings is 1. The van der Waals surface area contributed by atoms with Gasteiger partial charge in [0.15, 0.2) is 5.65 Å². The molecule has 2 atom stereocenters. The second-order valence-electron chi connectivity index (χ2n) is 4.67. The molecule has 3 nitrogen and oxygen atoms in total. The minimum Gasteiger partial charge on any atom is -0.308 e. The molecule has 3 rings (SSSR count). The molecule has 2 aromatic rings. The molecule has 0 amide bonds. The third-order valence-corrected chi connectivity index (χ3v) is 3.50. The Morgan fingerprint density at radius 2 is 2.31 bits per heavy atom. The van der Waals surface area contributed by atoms with Crippen LogP contribution in [0.3, 0.4) is 0 Å². The van der Waals surface area contributed by atoms with Crippen LogP contribution in [0.1, 0.15) is 30.8 Å². The second-order valence-corrected chi connectivity index (χ2v) is 4.93. The van der Waals surface area contributed by atoms with Crippen molar-refractivity contribution in [1.82, 2.24) is 14.5 Å². The molecule has 4 heteroatoms. The zero-order valence-electron chi connectivity index (χ0n) is 9.44. The minimum atomic E-state index is 0.457. The number of alkyl halides is 1. The van der Waals surface area contributed by atoms with Gasteiger partial charge in [0.1, 0.15) is 11.3 Å². The molecular weight excluding hydrogens is 222 g/mol. The van der Waals surface area contributed by atoms with Crippen molar-refractivity contribution in [2.75, 3.05) is 0 Å². The second kappa shape index (κ2) is 3.45. The Hall–Kier alpha value is -1.09. The zero-order chi connectivity index (χ0) is 11.3. The number of rotatable bonds is 2. The third kappa shape index (κ3) is 1.42. The number of nitrogens with zero attached hydrogens (tertiary/aromatic N) is 3. The summed E-state index contributed by atoms with van der Waals surface area (Å²) >= 11 is 5.95. The molecule has 0 aliphatic heterocycles. The molecule has 84 valence electrons. The summed E-state index contributed by atoms with van der Waals surface area (Å²) in [6.07, 6.45) is 3.11. The van der Waals surface area contributed by atoms with Crippen molar-refractivity contribution in [3.63, 3.8) is 0 Å². The van der Waals surface area contributed by atoms with Crippen LogP contribution in [0.2, 0.25) is 0 Å². The molecule has 0 N–H and O–H groups in total. The molecule has 16 heavy (non-hydrogen) atoms. The number of pyridine rings is 1. The first kappa shape index (κ1) is 10.1. The fourth-order valence-electron chi connectivity index (χ4n) is 2.23. The van der Waals surface area contributed by atoms with E-state index in [1.165, 1.54) is 6.42 Å². The SMILES string of the molecule is Cc1cnc2c(c1)nc(CCl)n2C1CC1C. The first-order valence-electron chi connectivity index (χ1n) is 5.60. The largest absolute Gasteiger partial charge is 0.308 e. The lowest BCUT2D eigenvalue weighted by molar-refractivity contribution is 0.672. The minimum absolute atomic E-state index is 0.457. The lowest BCUT2D eigenvalue weighted by atomic mass is 10.3. The Kier molecular flexibility index (Phi) is 2.18. The van der Waals surface area contributed by atoms with Gasteiger partial charge < -0.3 is 4.57 Å². The lowest BCUT2D eigenvalue weighted by Crippen LogP contribution is -2.01. The molecule has 0 saturated heterocycles. The molecule has 0 bridgehead atoms. The van der Waals surface area contributed by atoms with E-state index in [1.807, 2.05) is 13.1 Å². The van der Waals surface area contributed by atoms with Crippen molar-refractivity contribution >= 4 is 22.8 Å². The van der Waals surface area contributed by atoms with Crippen molar-refractivity contribution in [3.8, 4) is 0 Å². The predicted molar refractivity (Wildman–Crippen MR) is 64.6 cm³/mol. The van der Waals surface area contributed by atoms with E-state index in [1.54, 1.807) is 0 Å². The van der Waals surface area contributed by atoms with Gasteiger partial charge in [-0.3, -0.25) is 0 Å². The molecule has 2 unspecified atom stereocenters. The summed E-state index contributed by atoms with van der Waals surface area (Å²) in [7, 11) is 0. The highest BCUT2D eigenvalue weighted by atomic mass is 35.5. The van der Waals surface area contributed by atoms with Crippen molar-refractivity contribution in [2.24, 2.45) is 5.92 Å². The first-order valence-corrected chi connectivity index (χ1v) is 6.13. The van der Waals surface area contributed by atoms with Gasteiger partial charge in [-0.1, -0.05) is 6.92 Å². The maximum absolute atomic E-state index is 5.95. The molecule has 1 fully saturated rings. The maximum atomic E-state index is 5.95. The standard InChI is InChI=1S/C12H14ClN3/c1-7-3-9-12(14-6-7)16(10-4-8(10)2)11(5-13)15-9/h3,6,8,10H,4-5H2,1-2H3. The van der Waals surface area contributed by atoms with Crippen LogP contribution in [0.15, 0.2) is 12.3 Å². The number of aryl methyl sites for hydroxylation is 1. The Bertz CT molecular complexity index is 546. The molecule has 1 aliphatic carbocycles. The molecule has 0 spiro atoms. The van der Waals surface area contributed by atoms with Gasteiger partial charge >= 0.3 is 0 Å². The van der Waals surface area contributed by atoms with Gasteiger partial charge in [-0.05, 0) is 30.9 Å². The van der Waals surface area contributed by atoms with Gasteiger partial charge in [-0.25, -0.2) is 9.97 Å². The van der Waals surface area contributed by atoms with Gasteiger partial charge in [0.2, 0.25) is 0 Å². The van der Waals surface area contributed by atoms with Crippen molar-refractivity contribution < 1.29 is 0 Å². The quantitative estimate of drug-likeness (QED) is 0.749. The molecule has 2 heterocycles. The number of hydrogen-bond donors (Lipinski definition) is 0. The van der Waals surface area contributed by atoms with Crippen LogP contribution in [0.25, 0.3) is 11.2 Å². The normalized spacial score (nSPS) is 23.9. The van der Waals surface area contributed by atoms with Crippen LogP contribution in [0.4, 0.5) is 0 Å². The van der Waals surface area contributed by atoms with Crippen molar-refractivity contribution in [2.45, 2.75) is 32.2 Å². The Balaban J connectivity index is 2.23. The van der Waals surface area contributed by atoms with Gasteiger partial charge in [-0.2, -0.15) is 0 Å². The van der Waals surface area contributed by atoms with E-state index in [0.29, 0.717) is 11.9 Å². The van der Waals surface area contributed by atoms with E-state index in [-0.39, 0.29) is 0 Å². The van der Waals surface area contributed by atoms with E-state index in [0.717, 1.165) is 28.5 Å². The van der Waals surface area contributed by atoms with Crippen LogP contribution in [-0.4, -0.2) is 14.5 Å². The van der Waals surface area contributed by atoms with E-state index in [4.69, 9.17) is 11.6 Å². The van der Waals surface area contributed by atoms with Crippen LogP contribution < -0.4 is 0 Å². The fourth-order valence-corrected chi connectivity index (χ4v) is 2.42. The smallest absolute Gasteiger partial charge is 0.160 e. The average molecular weight is 236 g/mol. The van der Waals surface area contributed by atoms with Crippen LogP contribution in [0, 0.1) is 12.8 Å².